The number of ether oxygens (including phenoxy) is 4. The van der Waals surface area contributed by atoms with E-state index in [0.29, 0.717) is 0 Å². The molecule has 0 aliphatic rings. The van der Waals surface area contributed by atoms with Gasteiger partial charge in [0.05, 0.1) is 42.5 Å². The van der Waals surface area contributed by atoms with E-state index in [2.05, 4.69) is 10.0 Å². The van der Waals surface area contributed by atoms with Crippen molar-refractivity contribution in [1.82, 2.24) is 0 Å². The molecule has 0 radical (unpaired) electrons. The maximum atomic E-state index is 13.1. The van der Waals surface area contributed by atoms with Crippen LogP contribution in [0, 0.1) is 5.82 Å². The van der Waals surface area contributed by atoms with Crippen molar-refractivity contribution < 1.29 is 41.3 Å². The van der Waals surface area contributed by atoms with E-state index in [1.54, 1.807) is 0 Å². The number of hydrogen-bond acceptors (Lipinski definition) is 8. The second kappa shape index (κ2) is 11.8. The molecule has 3 aromatic rings. The standard InChI is InChI=1S/C24H22ClFN2O8S/c1-33-21-11-17(24(30)35-3)19(12-22(21)34-2)27-23(29)13-36-20-9-8-16(10-18(20)25)37(31,32)28-15-6-4-14(26)5-7-15/h4-12,28H,13H2,1-3H3,(H,27,29). The van der Waals surface area contributed by atoms with Gasteiger partial charge in [-0.25, -0.2) is 17.6 Å². The SMILES string of the molecule is COC(=O)c1cc(OC)c(OC)cc1NC(=O)COc1ccc(S(=O)(=O)Nc2ccc(F)cc2)cc1Cl. The predicted molar refractivity (Wildman–Crippen MR) is 134 cm³/mol. The van der Waals surface area contributed by atoms with E-state index in [1.165, 1.54) is 57.7 Å². The molecule has 37 heavy (non-hydrogen) atoms. The van der Waals surface area contributed by atoms with Gasteiger partial charge in [0.25, 0.3) is 15.9 Å². The van der Waals surface area contributed by atoms with Gasteiger partial charge in [-0.2, -0.15) is 0 Å². The number of nitrogens with one attached hydrogen (secondary N) is 2. The highest BCUT2D eigenvalue weighted by Gasteiger charge is 2.20. The van der Waals surface area contributed by atoms with Crippen LogP contribution in [0.3, 0.4) is 0 Å². The van der Waals surface area contributed by atoms with Gasteiger partial charge in [-0.15, -0.1) is 0 Å². The van der Waals surface area contributed by atoms with Gasteiger partial charge in [0.2, 0.25) is 0 Å². The average Bonchev–Trinajstić information content (AvgIpc) is 2.88. The molecule has 0 aliphatic carbocycles. The van der Waals surface area contributed by atoms with Crippen LogP contribution in [0.4, 0.5) is 15.8 Å². The molecule has 0 aromatic heterocycles. The van der Waals surface area contributed by atoms with Crippen LogP contribution in [0.1, 0.15) is 10.4 Å². The summed E-state index contributed by atoms with van der Waals surface area (Å²) >= 11 is 6.17. The number of carbonyl (C=O) groups is 2. The minimum Gasteiger partial charge on any atom is -0.493 e. The summed E-state index contributed by atoms with van der Waals surface area (Å²) in [6.07, 6.45) is 0. The Morgan fingerprint density at radius 3 is 2.16 bits per heavy atom. The number of anilines is 2. The second-order valence-corrected chi connectivity index (χ2v) is 9.38. The molecule has 13 heteroatoms. The van der Waals surface area contributed by atoms with Crippen LogP contribution in [-0.4, -0.2) is 48.2 Å². The first kappa shape index (κ1) is 27.6. The molecule has 0 aliphatic heterocycles. The summed E-state index contributed by atoms with van der Waals surface area (Å²) in [6.45, 7) is -0.519. The number of halogens is 2. The van der Waals surface area contributed by atoms with E-state index in [0.717, 1.165) is 18.2 Å². The Hall–Kier alpha value is -4.03. The highest BCUT2D eigenvalue weighted by atomic mass is 35.5. The van der Waals surface area contributed by atoms with Gasteiger partial charge in [-0.05, 0) is 42.5 Å². The topological polar surface area (TPSA) is 129 Å². The van der Waals surface area contributed by atoms with Crippen LogP contribution in [-0.2, 0) is 19.6 Å². The zero-order valence-corrected chi connectivity index (χ0v) is 21.4. The minimum atomic E-state index is -4.02. The lowest BCUT2D eigenvalue weighted by Gasteiger charge is -2.15. The number of rotatable bonds is 10. The van der Waals surface area contributed by atoms with Crippen LogP contribution < -0.4 is 24.2 Å². The molecule has 196 valence electrons. The van der Waals surface area contributed by atoms with Crippen molar-refractivity contribution in [1.29, 1.82) is 0 Å². The Labute approximate surface area is 217 Å². The molecule has 10 nitrogen and oxygen atoms in total. The number of methoxy groups -OCH3 is 3. The third-order valence-electron chi connectivity index (χ3n) is 4.87. The lowest BCUT2D eigenvalue weighted by molar-refractivity contribution is -0.118. The average molecular weight is 553 g/mol. The van der Waals surface area contributed by atoms with Crippen LogP contribution in [0.2, 0.25) is 5.02 Å². The Kier molecular flexibility index (Phi) is 8.79. The van der Waals surface area contributed by atoms with Crippen LogP contribution in [0.15, 0.2) is 59.5 Å². The smallest absolute Gasteiger partial charge is 0.340 e. The fourth-order valence-electron chi connectivity index (χ4n) is 3.09. The molecule has 1 amide bonds. The van der Waals surface area contributed by atoms with E-state index in [1.807, 2.05) is 0 Å². The minimum absolute atomic E-state index is 0.0229. The van der Waals surface area contributed by atoms with Crippen molar-refractivity contribution in [3.05, 3.63) is 71.0 Å². The molecule has 0 fully saturated rings. The number of benzene rings is 3. The van der Waals surface area contributed by atoms with Crippen molar-refractivity contribution in [2.24, 2.45) is 0 Å². The lowest BCUT2D eigenvalue weighted by atomic mass is 10.1. The fourth-order valence-corrected chi connectivity index (χ4v) is 4.47. The zero-order valence-electron chi connectivity index (χ0n) is 19.8. The van der Waals surface area contributed by atoms with Crippen molar-refractivity contribution >= 4 is 44.9 Å². The summed E-state index contributed by atoms with van der Waals surface area (Å²) < 4.78 is 61.1. The number of hydrogen-bond donors (Lipinski definition) is 2. The predicted octanol–water partition coefficient (Wildman–Crippen LogP) is 4.10. The van der Waals surface area contributed by atoms with Gasteiger partial charge >= 0.3 is 5.97 Å². The third-order valence-corrected chi connectivity index (χ3v) is 6.55. The molecule has 0 spiro atoms. The molecule has 0 bridgehead atoms. The summed E-state index contributed by atoms with van der Waals surface area (Å²) in [7, 11) is -0.0464. The van der Waals surface area contributed by atoms with Crippen LogP contribution >= 0.6 is 11.6 Å². The van der Waals surface area contributed by atoms with Crippen molar-refractivity contribution in [3.63, 3.8) is 0 Å². The number of sulfonamides is 1. The van der Waals surface area contributed by atoms with Crippen molar-refractivity contribution in [3.8, 4) is 17.2 Å². The largest absolute Gasteiger partial charge is 0.493 e. The molecule has 3 aromatic carbocycles. The Morgan fingerprint density at radius 2 is 1.57 bits per heavy atom. The second-order valence-electron chi connectivity index (χ2n) is 7.29. The number of amides is 1. The molecule has 0 saturated heterocycles. The van der Waals surface area contributed by atoms with Gasteiger partial charge in [-0.1, -0.05) is 11.6 Å². The van der Waals surface area contributed by atoms with E-state index in [9.17, 15) is 22.4 Å². The van der Waals surface area contributed by atoms with E-state index >= 15 is 0 Å². The van der Waals surface area contributed by atoms with Gasteiger partial charge in [0.15, 0.2) is 18.1 Å². The maximum absolute atomic E-state index is 13.1. The quantitative estimate of drug-likeness (QED) is 0.360. The summed E-state index contributed by atoms with van der Waals surface area (Å²) in [6, 6.07) is 11.2. The highest BCUT2D eigenvalue weighted by molar-refractivity contribution is 7.92. The van der Waals surface area contributed by atoms with Crippen LogP contribution in [0.5, 0.6) is 17.2 Å². The zero-order chi connectivity index (χ0) is 27.2. The number of esters is 1. The Morgan fingerprint density at radius 1 is 0.919 bits per heavy atom. The van der Waals surface area contributed by atoms with Crippen molar-refractivity contribution in [2.75, 3.05) is 38.0 Å². The Balaban J connectivity index is 1.71. The van der Waals surface area contributed by atoms with Crippen LogP contribution in [0.25, 0.3) is 0 Å². The van der Waals surface area contributed by atoms with E-state index in [4.69, 9.17) is 30.5 Å². The lowest BCUT2D eigenvalue weighted by Crippen LogP contribution is -2.22. The summed E-state index contributed by atoms with van der Waals surface area (Å²) in [4.78, 5) is 24.5. The highest BCUT2D eigenvalue weighted by Crippen LogP contribution is 2.34. The first-order valence-electron chi connectivity index (χ1n) is 10.4. The van der Waals surface area contributed by atoms with E-state index in [-0.39, 0.29) is 44.1 Å². The molecule has 0 atom stereocenters. The van der Waals surface area contributed by atoms with Crippen molar-refractivity contribution in [2.45, 2.75) is 4.90 Å². The summed E-state index contributed by atoms with van der Waals surface area (Å²) in [5, 5.41) is 2.46. The normalized spacial score (nSPS) is 10.8. The molecule has 2 N–H and O–H groups in total. The Bertz CT molecular complexity index is 1410. The molecular weight excluding hydrogens is 531 g/mol. The third kappa shape index (κ3) is 6.80. The summed E-state index contributed by atoms with van der Waals surface area (Å²) in [5.74, 6) is -1.31. The molecule has 3 rings (SSSR count). The van der Waals surface area contributed by atoms with Gasteiger partial charge in [0, 0.05) is 17.8 Å². The van der Waals surface area contributed by atoms with Gasteiger partial charge in [0.1, 0.15) is 11.6 Å². The summed E-state index contributed by atoms with van der Waals surface area (Å²) in [5.41, 5.74) is 0.281. The van der Waals surface area contributed by atoms with Gasteiger partial charge < -0.3 is 24.3 Å². The van der Waals surface area contributed by atoms with Gasteiger partial charge in [-0.3, -0.25) is 9.52 Å². The van der Waals surface area contributed by atoms with E-state index < -0.39 is 34.3 Å². The maximum Gasteiger partial charge on any atom is 0.340 e. The first-order valence-corrected chi connectivity index (χ1v) is 12.3. The molecular formula is C24H22ClFN2O8S. The molecule has 0 saturated carbocycles. The molecule has 0 heterocycles. The first-order chi connectivity index (χ1) is 17.6. The monoisotopic (exact) mass is 552 g/mol. The molecule has 0 unspecified atom stereocenters. The fraction of sp³-hybridized carbons (Fsp3) is 0.167. The number of carbonyl (C=O) groups excluding carboxylic acids is 2.